The molecule has 0 spiro atoms. The molecule has 1 aromatic rings. The van der Waals surface area contributed by atoms with Crippen molar-refractivity contribution in [1.29, 1.82) is 0 Å². The summed E-state index contributed by atoms with van der Waals surface area (Å²) in [7, 11) is 0. The molecular weight excluding hydrogens is 388 g/mol. The minimum absolute atomic E-state index is 0.0538. The Kier molecular flexibility index (Phi) is 9.86. The Hall–Kier alpha value is -1.76. The Morgan fingerprint density at radius 1 is 0.938 bits per heavy atom. The molecule has 2 rings (SSSR count). The lowest BCUT2D eigenvalue weighted by Crippen LogP contribution is -2.36. The van der Waals surface area contributed by atoms with E-state index in [4.69, 9.17) is 4.74 Å². The SMILES string of the molecule is CC(C)=CCC/C(C)=C/CC/C(C)=C/CCC1(C)CCc2cc(C(C)C)c(C)c(C)c2O1. The third kappa shape index (κ3) is 7.68. The zero-order chi connectivity index (χ0) is 23.9. The molecule has 0 bridgehead atoms. The molecule has 0 N–H and O–H groups in total. The molecule has 1 aromatic carbocycles. The molecule has 1 atom stereocenters. The second-order valence-electron chi connectivity index (χ2n) is 10.9. The van der Waals surface area contributed by atoms with Crippen LogP contribution >= 0.6 is 0 Å². The molecule has 0 saturated carbocycles. The van der Waals surface area contributed by atoms with Gasteiger partial charge in [-0.1, -0.05) is 54.9 Å². The van der Waals surface area contributed by atoms with Crippen molar-refractivity contribution in [2.45, 2.75) is 125 Å². The molecule has 1 heterocycles. The van der Waals surface area contributed by atoms with Crippen molar-refractivity contribution in [3.8, 4) is 5.75 Å². The average molecular weight is 437 g/mol. The summed E-state index contributed by atoms with van der Waals surface area (Å²) in [5.41, 5.74) is 10.0. The summed E-state index contributed by atoms with van der Waals surface area (Å²) in [6, 6.07) is 2.40. The summed E-state index contributed by atoms with van der Waals surface area (Å²) in [4.78, 5) is 0. The smallest absolute Gasteiger partial charge is 0.126 e. The number of fused-ring (bicyclic) bond motifs is 1. The van der Waals surface area contributed by atoms with E-state index in [9.17, 15) is 0 Å². The Labute approximate surface area is 199 Å². The molecule has 0 fully saturated rings. The standard InChI is InChI=1S/C31H48O/c1-22(2)13-10-14-24(5)15-11-16-25(6)17-12-19-31(9)20-18-28-21-29(23(3)4)26(7)27(8)30(28)32-31/h13,15,17,21,23H,10-12,14,16,18-20H2,1-9H3/b24-15+,25-17+. The number of hydrogen-bond donors (Lipinski definition) is 0. The van der Waals surface area contributed by atoms with Crippen molar-refractivity contribution in [3.63, 3.8) is 0 Å². The molecule has 1 unspecified atom stereocenters. The maximum absolute atomic E-state index is 6.67. The molecule has 1 aliphatic rings. The summed E-state index contributed by atoms with van der Waals surface area (Å²) in [6.45, 7) is 20.3. The number of rotatable bonds is 10. The van der Waals surface area contributed by atoms with Gasteiger partial charge in [-0.2, -0.15) is 0 Å². The summed E-state index contributed by atoms with van der Waals surface area (Å²) in [5.74, 6) is 1.73. The normalized spacial score (nSPS) is 19.1. The van der Waals surface area contributed by atoms with Crippen LogP contribution < -0.4 is 4.74 Å². The van der Waals surface area contributed by atoms with Crippen LogP contribution in [0.25, 0.3) is 0 Å². The van der Waals surface area contributed by atoms with Gasteiger partial charge in [-0.05, 0) is 128 Å². The molecule has 0 radical (unpaired) electrons. The molecule has 0 aromatic heterocycles. The summed E-state index contributed by atoms with van der Waals surface area (Å²) in [5, 5.41) is 0. The topological polar surface area (TPSA) is 9.23 Å². The first kappa shape index (κ1) is 26.5. The zero-order valence-corrected chi connectivity index (χ0v) is 22.5. The van der Waals surface area contributed by atoms with E-state index in [0.29, 0.717) is 5.92 Å². The number of ether oxygens (including phenoxy) is 1. The Morgan fingerprint density at radius 3 is 2.12 bits per heavy atom. The fourth-order valence-electron chi connectivity index (χ4n) is 4.75. The zero-order valence-electron chi connectivity index (χ0n) is 22.5. The van der Waals surface area contributed by atoms with Crippen LogP contribution in [0.3, 0.4) is 0 Å². The van der Waals surface area contributed by atoms with Crippen LogP contribution in [0.15, 0.2) is 41.0 Å². The van der Waals surface area contributed by atoms with E-state index >= 15 is 0 Å². The molecule has 32 heavy (non-hydrogen) atoms. The Balaban J connectivity index is 1.88. The molecule has 1 heteroatoms. The van der Waals surface area contributed by atoms with Gasteiger partial charge in [0.15, 0.2) is 0 Å². The van der Waals surface area contributed by atoms with Gasteiger partial charge in [0.1, 0.15) is 11.4 Å². The average Bonchev–Trinajstić information content (AvgIpc) is 2.70. The highest BCUT2D eigenvalue weighted by atomic mass is 16.5. The van der Waals surface area contributed by atoms with Crippen LogP contribution in [0.5, 0.6) is 5.75 Å². The van der Waals surface area contributed by atoms with Gasteiger partial charge in [-0.3, -0.25) is 0 Å². The van der Waals surface area contributed by atoms with Crippen LogP contribution in [-0.2, 0) is 6.42 Å². The maximum atomic E-state index is 6.67. The van der Waals surface area contributed by atoms with Crippen LogP contribution in [0.1, 0.15) is 122 Å². The van der Waals surface area contributed by atoms with E-state index in [1.807, 2.05) is 0 Å². The predicted octanol–water partition coefficient (Wildman–Crippen LogP) is 9.71. The lowest BCUT2D eigenvalue weighted by molar-refractivity contribution is 0.0562. The number of benzene rings is 1. The fourth-order valence-corrected chi connectivity index (χ4v) is 4.75. The summed E-state index contributed by atoms with van der Waals surface area (Å²) < 4.78 is 6.67. The van der Waals surface area contributed by atoms with Crippen molar-refractivity contribution in [1.82, 2.24) is 0 Å². The molecule has 0 aliphatic carbocycles. The predicted molar refractivity (Wildman–Crippen MR) is 142 cm³/mol. The number of hydrogen-bond acceptors (Lipinski definition) is 1. The highest BCUT2D eigenvalue weighted by molar-refractivity contribution is 5.51. The van der Waals surface area contributed by atoms with E-state index in [2.05, 4.69) is 86.6 Å². The molecule has 0 saturated heterocycles. The first-order chi connectivity index (χ1) is 15.0. The lowest BCUT2D eigenvalue weighted by atomic mass is 9.84. The second kappa shape index (κ2) is 11.9. The largest absolute Gasteiger partial charge is 0.487 e. The molecule has 1 aliphatic heterocycles. The van der Waals surface area contributed by atoms with Gasteiger partial charge in [0.25, 0.3) is 0 Å². The fraction of sp³-hybridized carbons (Fsp3) is 0.613. The van der Waals surface area contributed by atoms with Crippen molar-refractivity contribution in [3.05, 3.63) is 63.3 Å². The van der Waals surface area contributed by atoms with Gasteiger partial charge >= 0.3 is 0 Å². The molecule has 1 nitrogen and oxygen atoms in total. The molecule has 178 valence electrons. The van der Waals surface area contributed by atoms with Crippen molar-refractivity contribution in [2.75, 3.05) is 0 Å². The highest BCUT2D eigenvalue weighted by Crippen LogP contribution is 2.41. The van der Waals surface area contributed by atoms with E-state index in [1.54, 1.807) is 0 Å². The van der Waals surface area contributed by atoms with Gasteiger partial charge in [0.05, 0.1) is 0 Å². The minimum atomic E-state index is -0.0538. The quantitative estimate of drug-likeness (QED) is 0.332. The first-order valence-electron chi connectivity index (χ1n) is 12.8. The van der Waals surface area contributed by atoms with Gasteiger partial charge in [-0.15, -0.1) is 0 Å². The van der Waals surface area contributed by atoms with Crippen molar-refractivity contribution < 1.29 is 4.74 Å². The third-order valence-corrected chi connectivity index (χ3v) is 7.14. The second-order valence-corrected chi connectivity index (χ2v) is 10.9. The van der Waals surface area contributed by atoms with Gasteiger partial charge in [0.2, 0.25) is 0 Å². The van der Waals surface area contributed by atoms with Gasteiger partial charge in [-0.25, -0.2) is 0 Å². The monoisotopic (exact) mass is 436 g/mol. The van der Waals surface area contributed by atoms with Crippen molar-refractivity contribution in [2.24, 2.45) is 0 Å². The molecular formula is C31H48O. The van der Waals surface area contributed by atoms with E-state index in [-0.39, 0.29) is 5.60 Å². The minimum Gasteiger partial charge on any atom is -0.487 e. The van der Waals surface area contributed by atoms with Crippen molar-refractivity contribution >= 4 is 0 Å². The maximum Gasteiger partial charge on any atom is 0.126 e. The highest BCUT2D eigenvalue weighted by Gasteiger charge is 2.32. The first-order valence-corrected chi connectivity index (χ1v) is 12.8. The lowest BCUT2D eigenvalue weighted by Gasteiger charge is -2.37. The third-order valence-electron chi connectivity index (χ3n) is 7.14. The van der Waals surface area contributed by atoms with Crippen LogP contribution in [-0.4, -0.2) is 5.60 Å². The Bertz CT molecular complexity index is 861. The number of allylic oxidation sites excluding steroid dienone is 6. The summed E-state index contributed by atoms with van der Waals surface area (Å²) in [6.07, 6.45) is 16.3. The van der Waals surface area contributed by atoms with E-state index in [1.165, 1.54) is 51.8 Å². The van der Waals surface area contributed by atoms with E-state index in [0.717, 1.165) is 44.3 Å². The summed E-state index contributed by atoms with van der Waals surface area (Å²) >= 11 is 0. The van der Waals surface area contributed by atoms with Crippen LogP contribution in [0.4, 0.5) is 0 Å². The van der Waals surface area contributed by atoms with Gasteiger partial charge < -0.3 is 4.74 Å². The van der Waals surface area contributed by atoms with Gasteiger partial charge in [0, 0.05) is 0 Å². The molecule has 0 amide bonds. The van der Waals surface area contributed by atoms with Crippen LogP contribution in [0.2, 0.25) is 0 Å². The Morgan fingerprint density at radius 2 is 1.53 bits per heavy atom. The van der Waals surface area contributed by atoms with E-state index < -0.39 is 0 Å². The van der Waals surface area contributed by atoms with Crippen LogP contribution in [0, 0.1) is 13.8 Å². The number of aryl methyl sites for hydroxylation is 1.